The second-order valence-corrected chi connectivity index (χ2v) is 21.4. The first-order valence-corrected chi connectivity index (χ1v) is 23.7. The van der Waals surface area contributed by atoms with Crippen molar-refractivity contribution < 1.29 is 89.3 Å². The molecule has 4 saturated carbocycles. The molecule has 11 N–H and O–H groups in total. The minimum absolute atomic E-state index is 0.0145. The van der Waals surface area contributed by atoms with E-state index in [0.29, 0.717) is 36.5 Å². The zero-order valence-electron chi connectivity index (χ0n) is 37.3. The fourth-order valence-corrected chi connectivity index (χ4v) is 14.1. The van der Waals surface area contributed by atoms with Gasteiger partial charge in [0.2, 0.25) is 0 Å². The van der Waals surface area contributed by atoms with Crippen molar-refractivity contribution in [2.45, 2.75) is 209 Å². The molecule has 8 fully saturated rings. The summed E-state index contributed by atoms with van der Waals surface area (Å²) in [5.74, 6) is 0.658. The van der Waals surface area contributed by atoms with Gasteiger partial charge in [-0.25, -0.2) is 0 Å². The van der Waals surface area contributed by atoms with Crippen LogP contribution in [0.1, 0.15) is 98.8 Å². The molecule has 4 aliphatic carbocycles. The molecule has 18 heteroatoms. The van der Waals surface area contributed by atoms with Crippen LogP contribution in [0, 0.1) is 52.3 Å². The molecule has 63 heavy (non-hydrogen) atoms. The van der Waals surface area contributed by atoms with E-state index in [9.17, 15) is 56.2 Å². The van der Waals surface area contributed by atoms with Gasteiger partial charge in [-0.1, -0.05) is 27.7 Å². The summed E-state index contributed by atoms with van der Waals surface area (Å²) in [4.78, 5) is 0. The van der Waals surface area contributed by atoms with Crippen molar-refractivity contribution in [2.75, 3.05) is 19.8 Å². The van der Waals surface area contributed by atoms with Gasteiger partial charge in [0.1, 0.15) is 67.1 Å². The zero-order chi connectivity index (χ0) is 45.5. The van der Waals surface area contributed by atoms with Crippen LogP contribution in [-0.2, 0) is 33.2 Å². The molecule has 0 aromatic rings. The van der Waals surface area contributed by atoms with Gasteiger partial charge in [0.05, 0.1) is 38.1 Å². The SMILES string of the molecule is C[C@H](CC[C@@]1(O)O[C@H]2C[C@H]3[C@@H]4CC[C@H]5C[C@H](O[C@@H]6O[C@H](CO)[C@H](O)[C@@H](O)[C@H]6O[C@@H]6O[C@@H](C)[C@@H](O)[C@H](O)[C@@H]6O)CC[C@@]5(C)[C@H]4CC[C@]3(C)[C@H]2[C@@H]1C)CO[C@@H]1O[C@H](CO)[C@@H](O)[C@H](O)[C@@H]1O. The van der Waals surface area contributed by atoms with E-state index in [0.717, 1.165) is 51.4 Å². The molecule has 8 aliphatic rings. The number of hydrogen-bond acceptors (Lipinski definition) is 18. The van der Waals surface area contributed by atoms with Crippen LogP contribution in [0.15, 0.2) is 0 Å². The highest BCUT2D eigenvalue weighted by Gasteiger charge is 2.68. The quantitative estimate of drug-likeness (QED) is 0.107. The molecule has 0 amide bonds. The first-order valence-electron chi connectivity index (χ1n) is 23.7. The van der Waals surface area contributed by atoms with E-state index in [4.69, 9.17) is 33.2 Å². The van der Waals surface area contributed by atoms with Gasteiger partial charge in [-0.3, -0.25) is 0 Å². The Hall–Kier alpha value is -0.720. The van der Waals surface area contributed by atoms with Crippen LogP contribution >= 0.6 is 0 Å². The molecule has 27 atom stereocenters. The second kappa shape index (κ2) is 18.6. The molecular formula is C45H76O18. The van der Waals surface area contributed by atoms with E-state index < -0.39 is 111 Å². The van der Waals surface area contributed by atoms with Gasteiger partial charge < -0.3 is 89.3 Å². The highest BCUT2D eigenvalue weighted by Crippen LogP contribution is 2.71. The lowest BCUT2D eigenvalue weighted by atomic mass is 9.44. The van der Waals surface area contributed by atoms with Crippen LogP contribution in [-0.4, -0.2) is 186 Å². The lowest BCUT2D eigenvalue weighted by Gasteiger charge is -2.61. The van der Waals surface area contributed by atoms with Crippen LogP contribution < -0.4 is 0 Å². The zero-order valence-corrected chi connectivity index (χ0v) is 37.3. The Labute approximate surface area is 369 Å². The van der Waals surface area contributed by atoms with E-state index in [1.54, 1.807) is 0 Å². The molecule has 0 spiro atoms. The first kappa shape index (κ1) is 48.7. The third kappa shape index (κ3) is 8.60. The van der Waals surface area contributed by atoms with E-state index >= 15 is 0 Å². The van der Waals surface area contributed by atoms with Crippen LogP contribution in [0.2, 0.25) is 0 Å². The Kier molecular flexibility index (Phi) is 14.4. The molecular weight excluding hydrogens is 828 g/mol. The van der Waals surface area contributed by atoms with E-state index in [1.165, 1.54) is 6.92 Å². The van der Waals surface area contributed by atoms with Crippen molar-refractivity contribution in [3.8, 4) is 0 Å². The third-order valence-electron chi connectivity index (χ3n) is 17.9. The lowest BCUT2D eigenvalue weighted by Crippen LogP contribution is -2.64. The van der Waals surface area contributed by atoms with Gasteiger partial charge in [0.15, 0.2) is 24.7 Å². The Balaban J connectivity index is 0.868. The van der Waals surface area contributed by atoms with Gasteiger partial charge in [-0.15, -0.1) is 0 Å². The summed E-state index contributed by atoms with van der Waals surface area (Å²) in [6.45, 7) is 9.57. The van der Waals surface area contributed by atoms with Gasteiger partial charge in [-0.05, 0) is 111 Å². The molecule has 0 bridgehead atoms. The normalized spacial score (nSPS) is 56.3. The standard InChI is InChI=1S/C45H76O18/c1-19(18-57-40-37(54)35(52)32(49)28(16-46)60-40)8-13-45(56)20(2)30-27(63-45)15-26-24-7-6-22-14-23(9-11-43(22,4)25(24)10-12-44(26,30)5)59-42-39(36(53)33(50)29(17-47)61-42)62-41-38(55)34(51)31(48)21(3)58-41/h19-42,46-56H,6-18H2,1-5H3/t19-,20+,21+,22+,23-,24-,25+,26+,27+,28-,29-,30+,31-,32-,33+,34+,35+,36-,37+,38+,39-,40-,41+,42-,43-,44+,45-/m1/s1. The number of ether oxygens (including phenoxy) is 7. The average Bonchev–Trinajstić information content (AvgIpc) is 3.70. The van der Waals surface area contributed by atoms with Crippen LogP contribution in [0.5, 0.6) is 0 Å². The molecule has 0 aromatic heterocycles. The number of hydrogen-bond donors (Lipinski definition) is 11. The molecule has 8 rings (SSSR count). The van der Waals surface area contributed by atoms with Crippen LogP contribution in [0.3, 0.4) is 0 Å². The maximum absolute atomic E-state index is 12.1. The molecule has 4 aliphatic heterocycles. The average molecular weight is 905 g/mol. The summed E-state index contributed by atoms with van der Waals surface area (Å²) in [5.41, 5.74) is 0.0866. The summed E-state index contributed by atoms with van der Waals surface area (Å²) in [5, 5.41) is 115. The number of fused-ring (bicyclic) bond motifs is 7. The van der Waals surface area contributed by atoms with Crippen molar-refractivity contribution >= 4 is 0 Å². The summed E-state index contributed by atoms with van der Waals surface area (Å²) in [6, 6.07) is 0. The van der Waals surface area contributed by atoms with E-state index in [1.807, 2.05) is 6.92 Å². The van der Waals surface area contributed by atoms with Gasteiger partial charge in [-0.2, -0.15) is 0 Å². The van der Waals surface area contributed by atoms with Gasteiger partial charge >= 0.3 is 0 Å². The van der Waals surface area contributed by atoms with Crippen LogP contribution in [0.4, 0.5) is 0 Å². The minimum Gasteiger partial charge on any atom is -0.394 e. The second-order valence-electron chi connectivity index (χ2n) is 21.4. The van der Waals surface area contributed by atoms with Crippen LogP contribution in [0.25, 0.3) is 0 Å². The van der Waals surface area contributed by atoms with Crippen molar-refractivity contribution in [3.05, 3.63) is 0 Å². The van der Waals surface area contributed by atoms with E-state index in [-0.39, 0.29) is 47.4 Å². The fraction of sp³-hybridized carbons (Fsp3) is 1.00. The van der Waals surface area contributed by atoms with Crippen molar-refractivity contribution in [2.24, 2.45) is 52.3 Å². The molecule has 0 aromatic carbocycles. The van der Waals surface area contributed by atoms with Crippen molar-refractivity contribution in [1.29, 1.82) is 0 Å². The predicted octanol–water partition coefficient (Wildman–Crippen LogP) is -0.752. The van der Waals surface area contributed by atoms with E-state index in [2.05, 4.69) is 20.8 Å². The number of aliphatic hydroxyl groups excluding tert-OH is 10. The predicted molar refractivity (Wildman–Crippen MR) is 218 cm³/mol. The minimum atomic E-state index is -1.64. The molecule has 0 unspecified atom stereocenters. The largest absolute Gasteiger partial charge is 0.394 e. The Morgan fingerprint density at radius 2 is 1.29 bits per heavy atom. The first-order chi connectivity index (χ1) is 29.8. The number of rotatable bonds is 12. The molecule has 4 saturated heterocycles. The maximum Gasteiger partial charge on any atom is 0.187 e. The van der Waals surface area contributed by atoms with Crippen molar-refractivity contribution in [1.82, 2.24) is 0 Å². The Morgan fingerprint density at radius 3 is 1.98 bits per heavy atom. The summed E-state index contributed by atoms with van der Waals surface area (Å²) in [6.07, 6.45) is -12.1. The molecule has 364 valence electrons. The summed E-state index contributed by atoms with van der Waals surface area (Å²) in [7, 11) is 0. The molecule has 0 radical (unpaired) electrons. The number of aliphatic hydroxyl groups is 11. The smallest absolute Gasteiger partial charge is 0.187 e. The highest BCUT2D eigenvalue weighted by atomic mass is 16.8. The summed E-state index contributed by atoms with van der Waals surface area (Å²) < 4.78 is 42.2. The van der Waals surface area contributed by atoms with Gasteiger partial charge in [0, 0.05) is 12.3 Å². The fourth-order valence-electron chi connectivity index (χ4n) is 14.1. The molecule has 4 heterocycles. The highest BCUT2D eigenvalue weighted by molar-refractivity contribution is 5.15. The third-order valence-corrected chi connectivity index (χ3v) is 17.9. The van der Waals surface area contributed by atoms with Gasteiger partial charge in [0.25, 0.3) is 0 Å². The summed E-state index contributed by atoms with van der Waals surface area (Å²) >= 11 is 0. The lowest BCUT2D eigenvalue weighted by molar-refractivity contribution is -0.371. The topological polar surface area (TPSA) is 287 Å². The Morgan fingerprint density at radius 1 is 0.651 bits per heavy atom. The maximum atomic E-state index is 12.1. The Bertz CT molecular complexity index is 1540. The molecule has 18 nitrogen and oxygen atoms in total. The van der Waals surface area contributed by atoms with Crippen molar-refractivity contribution in [3.63, 3.8) is 0 Å². The monoisotopic (exact) mass is 905 g/mol.